The Morgan fingerprint density at radius 2 is 1.78 bits per heavy atom. The first-order chi connectivity index (χ1) is 8.19. The highest BCUT2D eigenvalue weighted by Crippen LogP contribution is 2.40. The Balaban J connectivity index is 2.97. The molecule has 0 spiro atoms. The number of hydrogen-bond donors (Lipinski definition) is 0. The summed E-state index contributed by atoms with van der Waals surface area (Å²) < 4.78 is 6.34. The highest BCUT2D eigenvalue weighted by atomic mass is 35.5. The normalized spacial score (nSPS) is 14.6. The Bertz CT molecular complexity index is 399. The highest BCUT2D eigenvalue weighted by Gasteiger charge is 2.39. The number of halogens is 2. The van der Waals surface area contributed by atoms with Crippen LogP contribution in [-0.4, -0.2) is 14.2 Å². The summed E-state index contributed by atoms with van der Waals surface area (Å²) in [6, 6.07) is 7.76. The van der Waals surface area contributed by atoms with Gasteiger partial charge in [-0.05, 0) is 29.8 Å². The molecule has 0 aliphatic heterocycles. The van der Waals surface area contributed by atoms with E-state index in [0.717, 1.165) is 10.6 Å². The highest BCUT2D eigenvalue weighted by molar-refractivity contribution is 6.74. The molecule has 0 unspecified atom stereocenters. The van der Waals surface area contributed by atoms with Crippen molar-refractivity contribution in [3.05, 3.63) is 34.9 Å². The van der Waals surface area contributed by atoms with Gasteiger partial charge in [-0.3, -0.25) is 0 Å². The Labute approximate surface area is 122 Å². The predicted octanol–water partition coefficient (Wildman–Crippen LogP) is 5.64. The van der Waals surface area contributed by atoms with E-state index in [2.05, 4.69) is 33.9 Å². The lowest BCUT2D eigenvalue weighted by Crippen LogP contribution is -2.42. The summed E-state index contributed by atoms with van der Waals surface area (Å²) in [5.41, 5.74) is 0.985. The molecule has 0 saturated carbocycles. The molecule has 0 N–H and O–H groups in total. The van der Waals surface area contributed by atoms with Crippen LogP contribution in [0, 0.1) is 0 Å². The summed E-state index contributed by atoms with van der Waals surface area (Å²) >= 11 is 12.3. The van der Waals surface area contributed by atoms with E-state index in [1.165, 1.54) is 0 Å². The third-order valence-corrected chi connectivity index (χ3v) is 8.75. The van der Waals surface area contributed by atoms with Crippen LogP contribution in [0.2, 0.25) is 23.2 Å². The number of rotatable bonds is 4. The van der Waals surface area contributed by atoms with Gasteiger partial charge in [0.05, 0.1) is 12.0 Å². The summed E-state index contributed by atoms with van der Waals surface area (Å²) in [6.45, 7) is 11.1. The fourth-order valence-corrected chi connectivity index (χ4v) is 3.31. The van der Waals surface area contributed by atoms with Crippen LogP contribution in [-0.2, 0) is 4.43 Å². The monoisotopic (exact) mass is 304 g/mol. The molecule has 0 saturated heterocycles. The smallest absolute Gasteiger partial charge is 0.192 e. The average Bonchev–Trinajstić information content (AvgIpc) is 2.25. The van der Waals surface area contributed by atoms with Gasteiger partial charge in [-0.25, -0.2) is 0 Å². The topological polar surface area (TPSA) is 9.23 Å². The van der Waals surface area contributed by atoms with Gasteiger partial charge in [-0.15, -0.1) is 11.6 Å². The zero-order valence-corrected chi connectivity index (χ0v) is 14.3. The fourth-order valence-electron chi connectivity index (χ4n) is 1.45. The predicted molar refractivity (Wildman–Crippen MR) is 83.2 cm³/mol. The van der Waals surface area contributed by atoms with Crippen LogP contribution in [0.15, 0.2) is 24.3 Å². The van der Waals surface area contributed by atoms with Crippen molar-refractivity contribution in [2.75, 3.05) is 5.88 Å². The lowest BCUT2D eigenvalue weighted by molar-refractivity contribution is 0.206. The molecule has 1 aromatic rings. The van der Waals surface area contributed by atoms with Crippen molar-refractivity contribution in [3.63, 3.8) is 0 Å². The molecule has 0 aromatic heterocycles. The standard InChI is InChI=1S/C14H22Cl2OSi/c1-14(2,3)18(4,5)17-13(10-15)11-8-6-7-9-12(11)16/h6-9,13H,10H2,1-5H3/t13-/m0/s1. The molecular formula is C14H22Cl2OSi. The molecule has 0 radical (unpaired) electrons. The van der Waals surface area contributed by atoms with E-state index in [0.29, 0.717) is 5.88 Å². The minimum absolute atomic E-state index is 0.124. The minimum Gasteiger partial charge on any atom is -0.409 e. The number of hydrogen-bond acceptors (Lipinski definition) is 1. The van der Waals surface area contributed by atoms with Crippen molar-refractivity contribution in [2.24, 2.45) is 0 Å². The van der Waals surface area contributed by atoms with Gasteiger partial charge in [0.2, 0.25) is 0 Å². The molecule has 1 rings (SSSR count). The first-order valence-electron chi connectivity index (χ1n) is 6.17. The summed E-state index contributed by atoms with van der Waals surface area (Å²) in [4.78, 5) is 0. The largest absolute Gasteiger partial charge is 0.409 e. The molecule has 0 aliphatic carbocycles. The van der Waals surface area contributed by atoms with Crippen LogP contribution in [0.1, 0.15) is 32.4 Å². The van der Waals surface area contributed by atoms with E-state index < -0.39 is 8.32 Å². The van der Waals surface area contributed by atoms with Crippen molar-refractivity contribution in [1.82, 2.24) is 0 Å². The molecule has 1 nitrogen and oxygen atoms in total. The number of alkyl halides is 1. The van der Waals surface area contributed by atoms with Gasteiger partial charge in [0.15, 0.2) is 8.32 Å². The van der Waals surface area contributed by atoms with Crippen molar-refractivity contribution < 1.29 is 4.43 Å². The van der Waals surface area contributed by atoms with Crippen LogP contribution in [0.25, 0.3) is 0 Å². The molecule has 0 heterocycles. The maximum Gasteiger partial charge on any atom is 0.192 e. The zero-order chi connectivity index (χ0) is 14.0. The molecule has 1 atom stereocenters. The summed E-state index contributed by atoms with van der Waals surface area (Å²) in [7, 11) is -1.84. The summed E-state index contributed by atoms with van der Waals surface area (Å²) in [6.07, 6.45) is -0.124. The summed E-state index contributed by atoms with van der Waals surface area (Å²) in [5.74, 6) is 0.427. The fraction of sp³-hybridized carbons (Fsp3) is 0.571. The molecule has 0 bridgehead atoms. The van der Waals surface area contributed by atoms with E-state index >= 15 is 0 Å². The number of benzene rings is 1. The van der Waals surface area contributed by atoms with Crippen molar-refractivity contribution in [2.45, 2.75) is 45.0 Å². The van der Waals surface area contributed by atoms with Crippen LogP contribution < -0.4 is 0 Å². The van der Waals surface area contributed by atoms with Crippen LogP contribution in [0.4, 0.5) is 0 Å². The van der Waals surface area contributed by atoms with Crippen LogP contribution in [0.3, 0.4) is 0 Å². The second kappa shape index (κ2) is 5.95. The van der Waals surface area contributed by atoms with E-state index in [1.54, 1.807) is 0 Å². The van der Waals surface area contributed by atoms with Gasteiger partial charge in [0.1, 0.15) is 0 Å². The molecule has 1 aromatic carbocycles. The first-order valence-corrected chi connectivity index (χ1v) is 9.99. The maximum absolute atomic E-state index is 6.34. The third kappa shape index (κ3) is 3.73. The Kier molecular flexibility index (Phi) is 5.30. The molecule has 102 valence electrons. The van der Waals surface area contributed by atoms with Gasteiger partial charge in [0.25, 0.3) is 0 Å². The van der Waals surface area contributed by atoms with Crippen molar-refractivity contribution in [1.29, 1.82) is 0 Å². The molecule has 0 aliphatic rings. The summed E-state index contributed by atoms with van der Waals surface area (Å²) in [5, 5.41) is 0.889. The van der Waals surface area contributed by atoms with E-state index in [4.69, 9.17) is 27.6 Å². The minimum atomic E-state index is -1.84. The molecule has 0 amide bonds. The Hall–Kier alpha value is -0.0231. The molecular weight excluding hydrogens is 283 g/mol. The molecule has 18 heavy (non-hydrogen) atoms. The lowest BCUT2D eigenvalue weighted by Gasteiger charge is -2.39. The Morgan fingerprint density at radius 3 is 2.22 bits per heavy atom. The lowest BCUT2D eigenvalue weighted by atomic mass is 10.1. The molecule has 4 heteroatoms. The molecule has 0 fully saturated rings. The first kappa shape index (κ1) is 16.0. The SMILES string of the molecule is CC(C)(C)[Si](C)(C)O[C@@H](CCl)c1ccccc1Cl. The van der Waals surface area contributed by atoms with Gasteiger partial charge < -0.3 is 4.43 Å². The van der Waals surface area contributed by atoms with E-state index in [9.17, 15) is 0 Å². The second-order valence-electron chi connectivity index (χ2n) is 6.04. The van der Waals surface area contributed by atoms with E-state index in [-0.39, 0.29) is 11.1 Å². The third-order valence-electron chi connectivity index (χ3n) is 3.64. The maximum atomic E-state index is 6.34. The second-order valence-corrected chi connectivity index (χ2v) is 11.5. The van der Waals surface area contributed by atoms with Crippen LogP contribution >= 0.6 is 23.2 Å². The van der Waals surface area contributed by atoms with Crippen molar-refractivity contribution >= 4 is 31.5 Å². The quantitative estimate of drug-likeness (QED) is 0.516. The van der Waals surface area contributed by atoms with E-state index in [1.807, 2.05) is 24.3 Å². The zero-order valence-electron chi connectivity index (χ0n) is 11.8. The Morgan fingerprint density at radius 1 is 1.22 bits per heavy atom. The van der Waals surface area contributed by atoms with Gasteiger partial charge >= 0.3 is 0 Å². The van der Waals surface area contributed by atoms with Crippen LogP contribution in [0.5, 0.6) is 0 Å². The van der Waals surface area contributed by atoms with Gasteiger partial charge in [-0.1, -0.05) is 50.6 Å². The van der Waals surface area contributed by atoms with Gasteiger partial charge in [0, 0.05) is 5.02 Å². The average molecular weight is 305 g/mol. The van der Waals surface area contributed by atoms with Crippen molar-refractivity contribution in [3.8, 4) is 0 Å². The van der Waals surface area contributed by atoms with Gasteiger partial charge in [-0.2, -0.15) is 0 Å².